The molecule has 1 atom stereocenters. The molecule has 0 saturated carbocycles. The Morgan fingerprint density at radius 1 is 1.15 bits per heavy atom. The highest BCUT2D eigenvalue weighted by atomic mass is 16.5. The van der Waals surface area contributed by atoms with Crippen LogP contribution in [0, 0.1) is 5.21 Å². The molecule has 1 N–H and O–H groups in total. The Bertz CT molecular complexity index is 594. The van der Waals surface area contributed by atoms with Crippen molar-refractivity contribution in [2.24, 2.45) is 0 Å². The molecule has 0 aliphatic rings. The van der Waals surface area contributed by atoms with Gasteiger partial charge in [-0.05, 0) is 17.7 Å². The van der Waals surface area contributed by atoms with E-state index in [9.17, 15) is 10.3 Å². The molecule has 0 aliphatic heterocycles. The van der Waals surface area contributed by atoms with Crippen LogP contribution in [0.4, 0.5) is 0 Å². The molecule has 1 unspecified atom stereocenters. The van der Waals surface area contributed by atoms with Gasteiger partial charge in [-0.1, -0.05) is 30.3 Å². The molecule has 0 radical (unpaired) electrons. The van der Waals surface area contributed by atoms with Gasteiger partial charge in [0.2, 0.25) is 6.21 Å². The number of furan rings is 1. The van der Waals surface area contributed by atoms with Crippen LogP contribution in [0.15, 0.2) is 46.9 Å². The molecule has 2 rings (SSSR count). The molecule has 0 fully saturated rings. The van der Waals surface area contributed by atoms with Crippen LogP contribution in [-0.4, -0.2) is 21.6 Å². The van der Waals surface area contributed by atoms with Crippen molar-refractivity contribution in [1.29, 1.82) is 0 Å². The normalized spacial score (nSPS) is 14.3. The third-order valence-corrected chi connectivity index (χ3v) is 2.94. The van der Waals surface area contributed by atoms with E-state index in [1.54, 1.807) is 12.1 Å². The fraction of sp³-hybridized carbons (Fsp3) is 0.312. The summed E-state index contributed by atoms with van der Waals surface area (Å²) in [5, 5.41) is 22.0. The number of aliphatic hydroxyl groups excluding tert-OH is 1. The Morgan fingerprint density at radius 2 is 1.80 bits per heavy atom. The van der Waals surface area contributed by atoms with E-state index in [0.717, 1.165) is 10.3 Å². The average Bonchev–Trinajstić information content (AvgIpc) is 2.86. The maximum atomic E-state index is 11.8. The van der Waals surface area contributed by atoms with E-state index in [1.165, 1.54) is 6.21 Å². The van der Waals surface area contributed by atoms with Gasteiger partial charge in [0.25, 0.3) is 0 Å². The Morgan fingerprint density at radius 3 is 2.40 bits per heavy atom. The minimum absolute atomic E-state index is 0.421. The molecular weight excluding hydrogens is 254 g/mol. The van der Waals surface area contributed by atoms with Crippen molar-refractivity contribution in [3.05, 3.63) is 64.8 Å². The van der Waals surface area contributed by atoms with E-state index >= 15 is 0 Å². The molecule has 106 valence electrons. The van der Waals surface area contributed by atoms with Crippen molar-refractivity contribution < 1.29 is 14.3 Å². The van der Waals surface area contributed by atoms with Gasteiger partial charge in [0, 0.05) is 20.8 Å². The number of nitrogens with zero attached hydrogens (tertiary/aromatic N) is 1. The zero-order valence-corrected chi connectivity index (χ0v) is 11.9. The Labute approximate surface area is 118 Å². The molecule has 0 spiro atoms. The highest BCUT2D eigenvalue weighted by Gasteiger charge is 2.20. The number of rotatable bonds is 3. The lowest BCUT2D eigenvalue weighted by atomic mass is 10.1. The largest absolute Gasteiger partial charge is 0.623 e. The molecule has 1 aromatic carbocycles. The lowest BCUT2D eigenvalue weighted by Crippen LogP contribution is -2.29. The molecule has 0 aliphatic carbocycles. The predicted octanol–water partition coefficient (Wildman–Crippen LogP) is 3.09. The maximum absolute atomic E-state index is 11.8. The smallest absolute Gasteiger partial charge is 0.218 e. The Balaban J connectivity index is 2.22. The summed E-state index contributed by atoms with van der Waals surface area (Å²) >= 11 is 0. The van der Waals surface area contributed by atoms with Crippen LogP contribution in [0.5, 0.6) is 0 Å². The molecule has 0 bridgehead atoms. The first-order chi connectivity index (χ1) is 9.38. The molecule has 4 nitrogen and oxygen atoms in total. The van der Waals surface area contributed by atoms with Crippen LogP contribution >= 0.6 is 0 Å². The van der Waals surface area contributed by atoms with Gasteiger partial charge in [0.1, 0.15) is 11.9 Å². The molecule has 2 aromatic rings. The van der Waals surface area contributed by atoms with Crippen molar-refractivity contribution in [2.45, 2.75) is 32.4 Å². The van der Waals surface area contributed by atoms with Crippen LogP contribution in [0.3, 0.4) is 0 Å². The second-order valence-corrected chi connectivity index (χ2v) is 5.68. The SMILES string of the molecule is CC(C)(C)/[N+]([O-])=C/c1ccc(C(O)c2ccccc2)o1. The summed E-state index contributed by atoms with van der Waals surface area (Å²) in [5.41, 5.74) is 0.230. The third kappa shape index (κ3) is 3.27. The van der Waals surface area contributed by atoms with Crippen molar-refractivity contribution in [2.75, 3.05) is 0 Å². The van der Waals surface area contributed by atoms with E-state index < -0.39 is 11.6 Å². The number of hydrogen-bond donors (Lipinski definition) is 1. The number of aliphatic hydroxyl groups is 1. The summed E-state index contributed by atoms with van der Waals surface area (Å²) in [4.78, 5) is 0. The fourth-order valence-corrected chi connectivity index (χ4v) is 1.69. The highest BCUT2D eigenvalue weighted by Crippen LogP contribution is 2.23. The zero-order valence-electron chi connectivity index (χ0n) is 11.9. The minimum atomic E-state index is -0.826. The Hall–Kier alpha value is -2.07. The first-order valence-electron chi connectivity index (χ1n) is 6.52. The second-order valence-electron chi connectivity index (χ2n) is 5.68. The molecule has 0 amide bonds. The predicted molar refractivity (Wildman–Crippen MR) is 77.8 cm³/mol. The second kappa shape index (κ2) is 5.51. The molecular formula is C16H19NO3. The minimum Gasteiger partial charge on any atom is -0.623 e. The molecule has 4 heteroatoms. The summed E-state index contributed by atoms with van der Waals surface area (Å²) in [6, 6.07) is 12.6. The average molecular weight is 273 g/mol. The number of hydroxylamine groups is 1. The van der Waals surface area contributed by atoms with Gasteiger partial charge in [-0.2, -0.15) is 0 Å². The number of benzene rings is 1. The first-order valence-corrected chi connectivity index (χ1v) is 6.52. The van der Waals surface area contributed by atoms with E-state index in [0.29, 0.717) is 11.5 Å². The summed E-state index contributed by atoms with van der Waals surface area (Å²) in [7, 11) is 0. The highest BCUT2D eigenvalue weighted by molar-refractivity contribution is 5.71. The van der Waals surface area contributed by atoms with Crippen molar-refractivity contribution in [3.63, 3.8) is 0 Å². The first kappa shape index (κ1) is 14.3. The molecule has 0 saturated heterocycles. The van der Waals surface area contributed by atoms with Gasteiger partial charge in [0.15, 0.2) is 11.3 Å². The van der Waals surface area contributed by atoms with Crippen LogP contribution in [0.1, 0.15) is 44.0 Å². The summed E-state index contributed by atoms with van der Waals surface area (Å²) < 4.78 is 6.36. The topological polar surface area (TPSA) is 59.4 Å². The third-order valence-electron chi connectivity index (χ3n) is 2.94. The summed E-state index contributed by atoms with van der Waals surface area (Å²) in [6.07, 6.45) is 0.564. The standard InChI is InChI=1S/C16H19NO3/c1-16(2,3)17(19)11-13-9-10-14(20-13)15(18)12-7-5-4-6-8-12/h4-11,15,18H,1-3H3/b17-11-. The molecule has 1 aromatic heterocycles. The monoisotopic (exact) mass is 273 g/mol. The summed E-state index contributed by atoms with van der Waals surface area (Å²) in [5.74, 6) is 0.852. The van der Waals surface area contributed by atoms with E-state index in [2.05, 4.69) is 0 Å². The van der Waals surface area contributed by atoms with Gasteiger partial charge in [-0.25, -0.2) is 4.74 Å². The van der Waals surface area contributed by atoms with Crippen molar-refractivity contribution >= 4 is 6.21 Å². The van der Waals surface area contributed by atoms with E-state index in [1.807, 2.05) is 51.1 Å². The summed E-state index contributed by atoms with van der Waals surface area (Å²) in [6.45, 7) is 5.46. The van der Waals surface area contributed by atoms with Crippen LogP contribution in [0.2, 0.25) is 0 Å². The molecule has 20 heavy (non-hydrogen) atoms. The van der Waals surface area contributed by atoms with Crippen molar-refractivity contribution in [1.82, 2.24) is 0 Å². The quantitative estimate of drug-likeness (QED) is 0.404. The zero-order chi connectivity index (χ0) is 14.8. The van der Waals surface area contributed by atoms with Gasteiger partial charge in [-0.3, -0.25) is 0 Å². The van der Waals surface area contributed by atoms with E-state index in [-0.39, 0.29) is 0 Å². The maximum Gasteiger partial charge on any atom is 0.218 e. The van der Waals surface area contributed by atoms with Crippen LogP contribution in [-0.2, 0) is 0 Å². The van der Waals surface area contributed by atoms with E-state index in [4.69, 9.17) is 4.42 Å². The number of hydrogen-bond acceptors (Lipinski definition) is 3. The van der Waals surface area contributed by atoms with Gasteiger partial charge < -0.3 is 14.7 Å². The Kier molecular flexibility index (Phi) is 3.95. The van der Waals surface area contributed by atoms with Crippen molar-refractivity contribution in [3.8, 4) is 0 Å². The lowest BCUT2D eigenvalue weighted by Gasteiger charge is -2.17. The molecule has 1 heterocycles. The lowest BCUT2D eigenvalue weighted by molar-refractivity contribution is -0.530. The fourth-order valence-electron chi connectivity index (χ4n) is 1.69. The van der Waals surface area contributed by atoms with Crippen LogP contribution in [0.25, 0.3) is 0 Å². The van der Waals surface area contributed by atoms with Gasteiger partial charge in [0.05, 0.1) is 0 Å². The van der Waals surface area contributed by atoms with Gasteiger partial charge in [-0.15, -0.1) is 0 Å². The van der Waals surface area contributed by atoms with Gasteiger partial charge >= 0.3 is 0 Å². The van der Waals surface area contributed by atoms with Crippen LogP contribution < -0.4 is 0 Å².